The minimum absolute atomic E-state index is 0. The van der Waals surface area contributed by atoms with Gasteiger partial charge in [-0.05, 0) is 12.1 Å². The van der Waals surface area contributed by atoms with E-state index in [2.05, 4.69) is 10.4 Å². The normalized spacial score (nSPS) is 13.9. The van der Waals surface area contributed by atoms with Crippen molar-refractivity contribution < 1.29 is 9.59 Å². The number of amides is 2. The molecule has 3 N–H and O–H groups in total. The summed E-state index contributed by atoms with van der Waals surface area (Å²) in [6, 6.07) is 3.21. The fourth-order valence-electron chi connectivity index (χ4n) is 1.33. The Morgan fingerprint density at radius 3 is 2.44 bits per heavy atom. The number of carbonyl (C=O) groups excluding carboxylic acids is 2. The predicted molar refractivity (Wildman–Crippen MR) is 60.9 cm³/mol. The van der Waals surface area contributed by atoms with E-state index in [1.54, 1.807) is 12.1 Å². The number of nitrogens with two attached hydrogens (primary N) is 1. The first kappa shape index (κ1) is 12.2. The van der Waals surface area contributed by atoms with Crippen LogP contribution < -0.4 is 16.2 Å². The molecule has 7 heteroatoms. The molecule has 0 atom stereocenters. The van der Waals surface area contributed by atoms with Crippen LogP contribution >= 0.6 is 12.4 Å². The molecule has 0 spiro atoms. The summed E-state index contributed by atoms with van der Waals surface area (Å²) in [6.07, 6.45) is 3.92. The number of hydrogen-bond donors (Lipinski definition) is 2. The molecule has 0 fully saturated rings. The molecule has 1 aliphatic rings. The minimum atomic E-state index is -0.399. The second kappa shape index (κ2) is 4.73. The summed E-state index contributed by atoms with van der Waals surface area (Å²) < 4.78 is 0. The smallest absolute Gasteiger partial charge is 0.258 e. The molecule has 0 saturated heterocycles. The maximum Gasteiger partial charge on any atom is 0.258 e. The maximum absolute atomic E-state index is 11.4. The van der Waals surface area contributed by atoms with Crippen LogP contribution in [0.3, 0.4) is 0 Å². The molecule has 0 aromatic carbocycles. The lowest BCUT2D eigenvalue weighted by Crippen LogP contribution is -2.31. The molecule has 2 amide bonds. The first-order valence-corrected chi connectivity index (χ1v) is 4.22. The van der Waals surface area contributed by atoms with Gasteiger partial charge >= 0.3 is 0 Å². The number of imide groups is 1. The molecule has 1 aliphatic heterocycles. The van der Waals surface area contributed by atoms with Crippen molar-refractivity contribution in [2.75, 3.05) is 10.3 Å². The van der Waals surface area contributed by atoms with E-state index >= 15 is 0 Å². The molecule has 2 rings (SSSR count). The van der Waals surface area contributed by atoms with Gasteiger partial charge in [-0.2, -0.15) is 0 Å². The molecule has 0 radical (unpaired) electrons. The van der Waals surface area contributed by atoms with Crippen LogP contribution in [0.25, 0.3) is 0 Å². The van der Waals surface area contributed by atoms with E-state index in [-0.39, 0.29) is 18.2 Å². The molecular weight excluding hydrogens is 232 g/mol. The first-order chi connectivity index (χ1) is 7.24. The highest BCUT2D eigenvalue weighted by Crippen LogP contribution is 2.24. The quantitative estimate of drug-likeness (QED) is 0.439. The van der Waals surface area contributed by atoms with Crippen molar-refractivity contribution >= 4 is 35.7 Å². The van der Waals surface area contributed by atoms with Crippen molar-refractivity contribution in [1.29, 1.82) is 0 Å². The molecule has 84 valence electrons. The van der Waals surface area contributed by atoms with Crippen molar-refractivity contribution in [3.05, 3.63) is 30.5 Å². The zero-order valence-corrected chi connectivity index (χ0v) is 8.90. The summed E-state index contributed by atoms with van der Waals surface area (Å²) in [5.41, 5.74) is 2.68. The van der Waals surface area contributed by atoms with Crippen LogP contribution in [0.1, 0.15) is 0 Å². The van der Waals surface area contributed by atoms with Gasteiger partial charge in [-0.15, -0.1) is 12.4 Å². The second-order valence-corrected chi connectivity index (χ2v) is 2.86. The zero-order chi connectivity index (χ0) is 10.8. The minimum Gasteiger partial charge on any atom is -0.307 e. The van der Waals surface area contributed by atoms with Gasteiger partial charge in [-0.1, -0.05) is 0 Å². The Kier molecular flexibility index (Phi) is 3.60. The molecule has 2 heterocycles. The summed E-state index contributed by atoms with van der Waals surface area (Å²) in [5.74, 6) is 4.71. The topological polar surface area (TPSA) is 88.3 Å². The number of carbonyl (C=O) groups is 2. The van der Waals surface area contributed by atoms with Gasteiger partial charge < -0.3 is 5.43 Å². The Labute approximate surface area is 97.5 Å². The van der Waals surface area contributed by atoms with Crippen LogP contribution in [-0.4, -0.2) is 16.8 Å². The molecular formula is C9H9ClN4O2. The van der Waals surface area contributed by atoms with E-state index in [1.165, 1.54) is 18.3 Å². The third-order valence-corrected chi connectivity index (χ3v) is 1.97. The highest BCUT2D eigenvalue weighted by atomic mass is 35.5. The van der Waals surface area contributed by atoms with Gasteiger partial charge in [0.15, 0.2) is 5.82 Å². The molecule has 16 heavy (non-hydrogen) atoms. The lowest BCUT2D eigenvalue weighted by Gasteiger charge is -2.16. The van der Waals surface area contributed by atoms with E-state index < -0.39 is 11.8 Å². The Bertz CT molecular complexity index is 443. The Morgan fingerprint density at radius 1 is 1.25 bits per heavy atom. The predicted octanol–water partition coefficient (Wildman–Crippen LogP) is 0.218. The SMILES string of the molecule is Cl.NNc1ncccc1N1C(=O)C=CC1=O. The van der Waals surface area contributed by atoms with E-state index in [9.17, 15) is 9.59 Å². The van der Waals surface area contributed by atoms with Crippen molar-refractivity contribution in [1.82, 2.24) is 4.98 Å². The molecule has 0 saturated carbocycles. The van der Waals surface area contributed by atoms with Crippen LogP contribution in [0.15, 0.2) is 30.5 Å². The second-order valence-electron chi connectivity index (χ2n) is 2.86. The molecule has 0 bridgehead atoms. The molecule has 1 aromatic rings. The number of anilines is 2. The fourth-order valence-corrected chi connectivity index (χ4v) is 1.33. The van der Waals surface area contributed by atoms with Gasteiger partial charge in [0.2, 0.25) is 0 Å². The van der Waals surface area contributed by atoms with Gasteiger partial charge in [0.05, 0.1) is 5.69 Å². The summed E-state index contributed by atoms with van der Waals surface area (Å²) in [5, 5.41) is 0. The Hall–Kier alpha value is -1.92. The summed E-state index contributed by atoms with van der Waals surface area (Å²) in [6.45, 7) is 0. The Morgan fingerprint density at radius 2 is 1.88 bits per heavy atom. The van der Waals surface area contributed by atoms with Crippen LogP contribution in [0.5, 0.6) is 0 Å². The van der Waals surface area contributed by atoms with Crippen LogP contribution in [-0.2, 0) is 9.59 Å². The van der Waals surface area contributed by atoms with Crippen LogP contribution in [0, 0.1) is 0 Å². The molecule has 0 aliphatic carbocycles. The highest BCUT2D eigenvalue weighted by molar-refractivity contribution is 6.28. The number of nitrogens with zero attached hydrogens (tertiary/aromatic N) is 2. The number of hydrazine groups is 1. The van der Waals surface area contributed by atoms with Gasteiger partial charge in [0.25, 0.3) is 11.8 Å². The van der Waals surface area contributed by atoms with Crippen molar-refractivity contribution in [2.45, 2.75) is 0 Å². The maximum atomic E-state index is 11.4. The number of pyridine rings is 1. The van der Waals surface area contributed by atoms with E-state index in [1.807, 2.05) is 0 Å². The highest BCUT2D eigenvalue weighted by Gasteiger charge is 2.27. The van der Waals surface area contributed by atoms with Gasteiger partial charge in [-0.3, -0.25) is 9.59 Å². The fraction of sp³-hybridized carbons (Fsp3) is 0. The zero-order valence-electron chi connectivity index (χ0n) is 8.08. The number of halogens is 1. The molecule has 6 nitrogen and oxygen atoms in total. The molecule has 0 unspecified atom stereocenters. The van der Waals surface area contributed by atoms with Gasteiger partial charge in [0, 0.05) is 18.3 Å². The van der Waals surface area contributed by atoms with E-state index in [0.29, 0.717) is 5.69 Å². The third kappa shape index (κ3) is 1.88. The van der Waals surface area contributed by atoms with E-state index in [0.717, 1.165) is 4.90 Å². The number of rotatable bonds is 2. The summed E-state index contributed by atoms with van der Waals surface area (Å²) >= 11 is 0. The van der Waals surface area contributed by atoms with Crippen molar-refractivity contribution in [3.63, 3.8) is 0 Å². The van der Waals surface area contributed by atoms with Crippen LogP contribution in [0.4, 0.5) is 11.5 Å². The number of aromatic nitrogens is 1. The number of nitrogen functional groups attached to an aromatic ring is 1. The Balaban J connectivity index is 0.00000128. The summed E-state index contributed by atoms with van der Waals surface area (Å²) in [4.78, 5) is 27.7. The lowest BCUT2D eigenvalue weighted by atomic mass is 10.3. The number of hydrogen-bond acceptors (Lipinski definition) is 5. The number of nitrogens with one attached hydrogen (secondary N) is 1. The van der Waals surface area contributed by atoms with E-state index in [4.69, 9.17) is 5.84 Å². The average Bonchev–Trinajstić information content (AvgIpc) is 2.59. The first-order valence-electron chi connectivity index (χ1n) is 4.22. The lowest BCUT2D eigenvalue weighted by molar-refractivity contribution is -0.119. The standard InChI is InChI=1S/C9H8N4O2.ClH/c10-12-9-6(2-1-5-11-9)13-7(14)3-4-8(13)15;/h1-5H,10H2,(H,11,12);1H. The average molecular weight is 241 g/mol. The van der Waals surface area contributed by atoms with Crippen molar-refractivity contribution in [2.24, 2.45) is 5.84 Å². The third-order valence-electron chi connectivity index (χ3n) is 1.97. The van der Waals surface area contributed by atoms with Crippen molar-refractivity contribution in [3.8, 4) is 0 Å². The summed E-state index contributed by atoms with van der Waals surface area (Å²) in [7, 11) is 0. The van der Waals surface area contributed by atoms with Crippen LogP contribution in [0.2, 0.25) is 0 Å². The van der Waals surface area contributed by atoms with Gasteiger partial charge in [0.1, 0.15) is 0 Å². The molecule has 1 aromatic heterocycles. The monoisotopic (exact) mass is 240 g/mol. The van der Waals surface area contributed by atoms with Gasteiger partial charge in [-0.25, -0.2) is 15.7 Å². The largest absolute Gasteiger partial charge is 0.307 e.